The van der Waals surface area contributed by atoms with Crippen molar-refractivity contribution in [3.8, 4) is 5.75 Å². The first-order valence-electron chi connectivity index (χ1n) is 6.79. The van der Waals surface area contributed by atoms with Crippen LogP contribution in [0.2, 0.25) is 10.0 Å². The number of nitrogens with zero attached hydrogens (tertiary/aromatic N) is 1. The molecule has 0 radical (unpaired) electrons. The van der Waals surface area contributed by atoms with Crippen LogP contribution in [0.5, 0.6) is 5.75 Å². The molecule has 21 heavy (non-hydrogen) atoms. The van der Waals surface area contributed by atoms with E-state index in [2.05, 4.69) is 13.8 Å². The van der Waals surface area contributed by atoms with E-state index in [0.29, 0.717) is 24.9 Å². The maximum absolute atomic E-state index is 12.9. The molecule has 0 aromatic heterocycles. The molecule has 1 aliphatic heterocycles. The van der Waals surface area contributed by atoms with Gasteiger partial charge in [0, 0.05) is 13.1 Å². The first-order chi connectivity index (χ1) is 9.77. The number of sulfonamides is 1. The fourth-order valence-corrected chi connectivity index (χ4v) is 5.13. The fraction of sp³-hybridized carbons (Fsp3) is 0.571. The van der Waals surface area contributed by atoms with E-state index in [-0.39, 0.29) is 20.7 Å². The van der Waals surface area contributed by atoms with Crippen LogP contribution in [-0.2, 0) is 10.0 Å². The van der Waals surface area contributed by atoms with Gasteiger partial charge in [-0.25, -0.2) is 8.42 Å². The van der Waals surface area contributed by atoms with Gasteiger partial charge >= 0.3 is 0 Å². The van der Waals surface area contributed by atoms with Gasteiger partial charge in [-0.3, -0.25) is 0 Å². The van der Waals surface area contributed by atoms with E-state index >= 15 is 0 Å². The van der Waals surface area contributed by atoms with Gasteiger partial charge in [-0.15, -0.1) is 0 Å². The molecule has 1 saturated heterocycles. The second-order valence-corrected chi connectivity index (χ2v) is 8.35. The van der Waals surface area contributed by atoms with E-state index in [1.54, 1.807) is 0 Å². The Hall–Kier alpha value is -0.490. The van der Waals surface area contributed by atoms with Gasteiger partial charge < -0.3 is 4.74 Å². The predicted molar refractivity (Wildman–Crippen MR) is 84.7 cm³/mol. The summed E-state index contributed by atoms with van der Waals surface area (Å²) < 4.78 is 32.4. The predicted octanol–water partition coefficient (Wildman–Crippen LogP) is 3.67. The summed E-state index contributed by atoms with van der Waals surface area (Å²) in [5, 5.41) is 0.395. The maximum Gasteiger partial charge on any atom is 0.246 e. The van der Waals surface area contributed by atoms with E-state index < -0.39 is 10.0 Å². The van der Waals surface area contributed by atoms with Gasteiger partial charge in [0.2, 0.25) is 10.0 Å². The van der Waals surface area contributed by atoms with Gasteiger partial charge in [-0.1, -0.05) is 37.0 Å². The van der Waals surface area contributed by atoms with Crippen molar-refractivity contribution in [1.82, 2.24) is 4.31 Å². The maximum atomic E-state index is 12.9. The first-order valence-corrected chi connectivity index (χ1v) is 8.99. The molecule has 1 fully saturated rings. The van der Waals surface area contributed by atoms with Crippen molar-refractivity contribution in [3.63, 3.8) is 0 Å². The lowest BCUT2D eigenvalue weighted by molar-refractivity contribution is 0.222. The molecule has 118 valence electrons. The molecular weight excluding hydrogens is 333 g/mol. The van der Waals surface area contributed by atoms with Crippen molar-refractivity contribution in [2.75, 3.05) is 20.2 Å². The van der Waals surface area contributed by atoms with E-state index in [9.17, 15) is 8.42 Å². The minimum Gasteiger partial charge on any atom is -0.494 e. The Morgan fingerprint density at radius 2 is 1.76 bits per heavy atom. The lowest BCUT2D eigenvalue weighted by Crippen LogP contribution is -2.42. The van der Waals surface area contributed by atoms with Crippen LogP contribution >= 0.6 is 23.2 Å². The highest BCUT2D eigenvalue weighted by Gasteiger charge is 2.34. The molecule has 0 saturated carbocycles. The van der Waals surface area contributed by atoms with Gasteiger partial charge in [0.15, 0.2) is 5.75 Å². The molecule has 0 amide bonds. The molecule has 0 spiro atoms. The van der Waals surface area contributed by atoms with Gasteiger partial charge in [-0.2, -0.15) is 4.31 Å². The Morgan fingerprint density at radius 1 is 1.19 bits per heavy atom. The number of halogens is 2. The summed E-state index contributed by atoms with van der Waals surface area (Å²) >= 11 is 12.0. The molecule has 2 atom stereocenters. The first kappa shape index (κ1) is 16.9. The third kappa shape index (κ3) is 3.31. The van der Waals surface area contributed by atoms with Crippen molar-refractivity contribution in [2.24, 2.45) is 11.8 Å². The monoisotopic (exact) mass is 351 g/mol. The number of benzene rings is 1. The summed E-state index contributed by atoms with van der Waals surface area (Å²) in [6, 6.07) is 2.93. The number of methoxy groups -OCH3 is 1. The number of hydrogen-bond donors (Lipinski definition) is 0. The van der Waals surface area contributed by atoms with Crippen molar-refractivity contribution >= 4 is 33.2 Å². The molecule has 2 rings (SSSR count). The normalized spacial score (nSPS) is 24.0. The number of piperidine rings is 1. The van der Waals surface area contributed by atoms with Gasteiger partial charge in [0.1, 0.15) is 9.92 Å². The Labute approximate surface area is 136 Å². The van der Waals surface area contributed by atoms with Gasteiger partial charge in [-0.05, 0) is 30.4 Å². The summed E-state index contributed by atoms with van der Waals surface area (Å²) in [5.74, 6) is 0.768. The SMILES string of the molecule is COc1c(S(=O)(=O)N2C[C@@H](C)C[C@H](C)C2)ccc(Cl)c1Cl. The van der Waals surface area contributed by atoms with Crippen LogP contribution in [0.4, 0.5) is 0 Å². The Morgan fingerprint density at radius 3 is 2.29 bits per heavy atom. The fourth-order valence-electron chi connectivity index (χ4n) is 2.85. The minimum absolute atomic E-state index is 0.0701. The lowest BCUT2D eigenvalue weighted by Gasteiger charge is -2.34. The summed E-state index contributed by atoms with van der Waals surface area (Å²) in [5.41, 5.74) is 0. The third-order valence-corrected chi connectivity index (χ3v) is 6.31. The van der Waals surface area contributed by atoms with Gasteiger partial charge in [0.05, 0.1) is 12.1 Å². The van der Waals surface area contributed by atoms with Crippen LogP contribution in [0, 0.1) is 11.8 Å². The molecule has 4 nitrogen and oxygen atoms in total. The van der Waals surface area contributed by atoms with E-state index in [1.165, 1.54) is 23.5 Å². The van der Waals surface area contributed by atoms with Crippen molar-refractivity contribution < 1.29 is 13.2 Å². The number of rotatable bonds is 3. The third-order valence-electron chi connectivity index (χ3n) is 3.67. The van der Waals surface area contributed by atoms with Crippen molar-refractivity contribution in [3.05, 3.63) is 22.2 Å². The highest BCUT2D eigenvalue weighted by atomic mass is 35.5. The highest BCUT2D eigenvalue weighted by molar-refractivity contribution is 7.89. The molecule has 1 aliphatic rings. The van der Waals surface area contributed by atoms with Crippen LogP contribution in [0.3, 0.4) is 0 Å². The highest BCUT2D eigenvalue weighted by Crippen LogP contribution is 2.39. The zero-order valence-corrected chi connectivity index (χ0v) is 14.6. The lowest BCUT2D eigenvalue weighted by atomic mass is 9.94. The Bertz CT molecular complexity index is 623. The Balaban J connectivity index is 2.47. The van der Waals surface area contributed by atoms with E-state index in [4.69, 9.17) is 27.9 Å². The molecule has 0 aliphatic carbocycles. The topological polar surface area (TPSA) is 46.6 Å². The van der Waals surface area contributed by atoms with Crippen LogP contribution in [-0.4, -0.2) is 32.9 Å². The van der Waals surface area contributed by atoms with Crippen LogP contribution in [0.15, 0.2) is 17.0 Å². The summed E-state index contributed by atoms with van der Waals surface area (Å²) in [6.45, 7) is 5.14. The summed E-state index contributed by atoms with van der Waals surface area (Å²) in [7, 11) is -2.26. The summed E-state index contributed by atoms with van der Waals surface area (Å²) in [6.07, 6.45) is 1.03. The summed E-state index contributed by atoms with van der Waals surface area (Å²) in [4.78, 5) is 0.0701. The Kier molecular flexibility index (Phi) is 5.08. The molecule has 1 aromatic carbocycles. The molecule has 7 heteroatoms. The van der Waals surface area contributed by atoms with Gasteiger partial charge in [0.25, 0.3) is 0 Å². The zero-order chi connectivity index (χ0) is 15.8. The molecule has 0 N–H and O–H groups in total. The number of ether oxygens (including phenoxy) is 1. The minimum atomic E-state index is -3.64. The van der Waals surface area contributed by atoms with Crippen LogP contribution in [0.1, 0.15) is 20.3 Å². The molecule has 1 aromatic rings. The van der Waals surface area contributed by atoms with Crippen LogP contribution in [0.25, 0.3) is 0 Å². The largest absolute Gasteiger partial charge is 0.494 e. The van der Waals surface area contributed by atoms with Crippen molar-refractivity contribution in [1.29, 1.82) is 0 Å². The molecule has 0 bridgehead atoms. The molecule has 0 unspecified atom stereocenters. The molecular formula is C14H19Cl2NO3S. The smallest absolute Gasteiger partial charge is 0.246 e. The average molecular weight is 352 g/mol. The zero-order valence-electron chi connectivity index (χ0n) is 12.3. The second-order valence-electron chi connectivity index (χ2n) is 5.66. The van der Waals surface area contributed by atoms with E-state index in [0.717, 1.165) is 6.42 Å². The average Bonchev–Trinajstić information content (AvgIpc) is 2.40. The van der Waals surface area contributed by atoms with Crippen LogP contribution < -0.4 is 4.74 Å². The number of hydrogen-bond acceptors (Lipinski definition) is 3. The molecule has 1 heterocycles. The van der Waals surface area contributed by atoms with E-state index in [1.807, 2.05) is 0 Å². The van der Waals surface area contributed by atoms with Crippen molar-refractivity contribution in [2.45, 2.75) is 25.2 Å². The quantitative estimate of drug-likeness (QED) is 0.834. The second kappa shape index (κ2) is 6.32. The standard InChI is InChI=1S/C14H19Cl2NO3S/c1-9-6-10(2)8-17(7-9)21(18,19)12-5-4-11(15)13(16)14(12)20-3/h4-5,9-10H,6-8H2,1-3H3/t9-,10-/m0/s1.